The van der Waals surface area contributed by atoms with E-state index < -0.39 is 0 Å². The summed E-state index contributed by atoms with van der Waals surface area (Å²) in [6, 6.07) is 3.43. The first-order valence-corrected chi connectivity index (χ1v) is 3.79. The Kier molecular flexibility index (Phi) is 1.33. The number of amides is 1. The van der Waals surface area contributed by atoms with Crippen LogP contribution in [0.2, 0.25) is 0 Å². The first-order chi connectivity index (χ1) is 5.66. The van der Waals surface area contributed by atoms with Crippen molar-refractivity contribution in [3.8, 4) is 5.75 Å². The van der Waals surface area contributed by atoms with Crippen LogP contribution in [0.4, 0.5) is 5.69 Å². The molecule has 0 spiro atoms. The molecule has 0 saturated carbocycles. The summed E-state index contributed by atoms with van der Waals surface area (Å²) in [4.78, 5) is 10.9. The molecule has 62 valence electrons. The summed E-state index contributed by atoms with van der Waals surface area (Å²) in [6.45, 7) is 1.81. The van der Waals surface area contributed by atoms with Gasteiger partial charge in [0.1, 0.15) is 5.75 Å². The largest absolute Gasteiger partial charge is 0.508 e. The third-order valence-electron chi connectivity index (χ3n) is 2.05. The molecule has 2 N–H and O–H groups in total. The second kappa shape index (κ2) is 2.24. The third kappa shape index (κ3) is 0.942. The molecule has 12 heavy (non-hydrogen) atoms. The van der Waals surface area contributed by atoms with Crippen molar-refractivity contribution in [2.45, 2.75) is 13.3 Å². The molecule has 1 heterocycles. The number of hydrogen-bond donors (Lipinski definition) is 2. The van der Waals surface area contributed by atoms with Gasteiger partial charge in [-0.1, -0.05) is 0 Å². The van der Waals surface area contributed by atoms with Gasteiger partial charge >= 0.3 is 0 Å². The van der Waals surface area contributed by atoms with E-state index in [1.165, 1.54) is 0 Å². The predicted molar refractivity (Wildman–Crippen MR) is 45.2 cm³/mol. The fourth-order valence-corrected chi connectivity index (χ4v) is 1.37. The van der Waals surface area contributed by atoms with E-state index in [0.29, 0.717) is 6.42 Å². The summed E-state index contributed by atoms with van der Waals surface area (Å²) in [5.74, 6) is 0.250. The Balaban J connectivity index is 2.55. The molecule has 0 aromatic heterocycles. The molecule has 0 bridgehead atoms. The topological polar surface area (TPSA) is 49.3 Å². The summed E-state index contributed by atoms with van der Waals surface area (Å²) in [7, 11) is 0. The zero-order valence-electron chi connectivity index (χ0n) is 6.72. The van der Waals surface area contributed by atoms with Crippen LogP contribution in [-0.4, -0.2) is 11.0 Å². The number of carbonyl (C=O) groups excluding carboxylic acids is 1. The van der Waals surface area contributed by atoms with E-state index in [4.69, 9.17) is 0 Å². The number of hydrogen-bond acceptors (Lipinski definition) is 2. The summed E-state index contributed by atoms with van der Waals surface area (Å²) in [6.07, 6.45) is 0.378. The Morgan fingerprint density at radius 2 is 2.25 bits per heavy atom. The van der Waals surface area contributed by atoms with Gasteiger partial charge < -0.3 is 10.4 Å². The molecule has 1 aliphatic heterocycles. The molecular formula is C9H9NO2. The highest BCUT2D eigenvalue weighted by atomic mass is 16.3. The number of phenolic OH excluding ortho intramolecular Hbond substituents is 1. The highest BCUT2D eigenvalue weighted by molar-refractivity contribution is 5.99. The van der Waals surface area contributed by atoms with E-state index in [9.17, 15) is 9.90 Å². The van der Waals surface area contributed by atoms with E-state index in [1.807, 2.05) is 0 Å². The maximum absolute atomic E-state index is 10.9. The lowest BCUT2D eigenvalue weighted by Crippen LogP contribution is -2.03. The lowest BCUT2D eigenvalue weighted by Gasteiger charge is -2.02. The van der Waals surface area contributed by atoms with Gasteiger partial charge in [-0.3, -0.25) is 4.79 Å². The Hall–Kier alpha value is -1.51. The molecule has 0 aliphatic carbocycles. The van der Waals surface area contributed by atoms with Gasteiger partial charge in [0.25, 0.3) is 0 Å². The zero-order valence-corrected chi connectivity index (χ0v) is 6.72. The molecule has 1 aromatic carbocycles. The normalized spacial score (nSPS) is 14.2. The second-order valence-corrected chi connectivity index (χ2v) is 3.02. The molecule has 0 fully saturated rings. The molecule has 3 heteroatoms. The van der Waals surface area contributed by atoms with E-state index in [1.54, 1.807) is 19.1 Å². The SMILES string of the molecule is Cc1cc2c(cc1O)CC(=O)N2. The maximum Gasteiger partial charge on any atom is 0.228 e. The number of phenols is 1. The highest BCUT2D eigenvalue weighted by Crippen LogP contribution is 2.29. The summed E-state index contributed by atoms with van der Waals surface area (Å²) in [5, 5.41) is 12.0. The molecule has 1 aromatic rings. The Bertz CT molecular complexity index is 325. The van der Waals surface area contributed by atoms with E-state index in [-0.39, 0.29) is 11.7 Å². The molecule has 1 aliphatic rings. The number of anilines is 1. The van der Waals surface area contributed by atoms with E-state index in [2.05, 4.69) is 5.32 Å². The fraction of sp³-hybridized carbons (Fsp3) is 0.222. The minimum atomic E-state index is -0.00463. The second-order valence-electron chi connectivity index (χ2n) is 3.02. The van der Waals surface area contributed by atoms with Crippen molar-refractivity contribution in [2.24, 2.45) is 0 Å². The molecular weight excluding hydrogens is 154 g/mol. The molecule has 2 rings (SSSR count). The molecule has 0 radical (unpaired) electrons. The number of aryl methyl sites for hydroxylation is 1. The first kappa shape index (κ1) is 7.16. The number of rotatable bonds is 0. The van der Waals surface area contributed by atoms with Crippen molar-refractivity contribution in [2.75, 3.05) is 5.32 Å². The van der Waals surface area contributed by atoms with Crippen LogP contribution >= 0.6 is 0 Å². The van der Waals surface area contributed by atoms with Crippen LogP contribution in [0.15, 0.2) is 12.1 Å². The quantitative estimate of drug-likeness (QED) is 0.564. The van der Waals surface area contributed by atoms with Crippen LogP contribution in [0, 0.1) is 6.92 Å². The van der Waals surface area contributed by atoms with E-state index in [0.717, 1.165) is 16.8 Å². The molecule has 0 unspecified atom stereocenters. The number of carbonyl (C=O) groups is 1. The van der Waals surface area contributed by atoms with Gasteiger partial charge in [0.15, 0.2) is 0 Å². The minimum absolute atomic E-state index is 0.00463. The van der Waals surface area contributed by atoms with Gasteiger partial charge in [0.2, 0.25) is 5.91 Å². The lowest BCUT2D eigenvalue weighted by atomic mass is 10.1. The van der Waals surface area contributed by atoms with Gasteiger partial charge in [0, 0.05) is 5.69 Å². The van der Waals surface area contributed by atoms with Gasteiger partial charge in [-0.15, -0.1) is 0 Å². The van der Waals surface area contributed by atoms with Crippen LogP contribution in [0.25, 0.3) is 0 Å². The maximum atomic E-state index is 10.9. The number of fused-ring (bicyclic) bond motifs is 1. The van der Waals surface area contributed by atoms with Crippen molar-refractivity contribution in [3.05, 3.63) is 23.3 Å². The Morgan fingerprint density at radius 1 is 1.50 bits per heavy atom. The van der Waals surface area contributed by atoms with E-state index >= 15 is 0 Å². The average molecular weight is 163 g/mol. The summed E-state index contributed by atoms with van der Waals surface area (Å²) < 4.78 is 0. The van der Waals surface area contributed by atoms with Gasteiger partial charge in [-0.2, -0.15) is 0 Å². The third-order valence-corrected chi connectivity index (χ3v) is 2.05. The van der Waals surface area contributed by atoms with Crippen molar-refractivity contribution in [3.63, 3.8) is 0 Å². The number of benzene rings is 1. The van der Waals surface area contributed by atoms with Crippen LogP contribution in [0.1, 0.15) is 11.1 Å². The minimum Gasteiger partial charge on any atom is -0.508 e. The van der Waals surface area contributed by atoms with Gasteiger partial charge in [-0.05, 0) is 30.2 Å². The van der Waals surface area contributed by atoms with Crippen LogP contribution in [-0.2, 0) is 11.2 Å². The average Bonchev–Trinajstić information content (AvgIpc) is 2.30. The number of aromatic hydroxyl groups is 1. The smallest absolute Gasteiger partial charge is 0.228 e. The van der Waals surface area contributed by atoms with Crippen molar-refractivity contribution < 1.29 is 9.90 Å². The molecule has 0 saturated heterocycles. The first-order valence-electron chi connectivity index (χ1n) is 3.79. The Morgan fingerprint density at radius 3 is 3.00 bits per heavy atom. The standard InChI is InChI=1S/C9H9NO2/c1-5-2-7-6(3-8(5)11)4-9(12)10-7/h2-3,11H,4H2,1H3,(H,10,12). The predicted octanol–water partition coefficient (Wildman–Crippen LogP) is 1.20. The zero-order chi connectivity index (χ0) is 8.72. The van der Waals surface area contributed by atoms with Crippen LogP contribution in [0.3, 0.4) is 0 Å². The molecule has 3 nitrogen and oxygen atoms in total. The van der Waals surface area contributed by atoms with Crippen LogP contribution in [0.5, 0.6) is 5.75 Å². The van der Waals surface area contributed by atoms with Crippen molar-refractivity contribution >= 4 is 11.6 Å². The number of nitrogens with one attached hydrogen (secondary N) is 1. The van der Waals surface area contributed by atoms with Crippen molar-refractivity contribution in [1.29, 1.82) is 0 Å². The summed E-state index contributed by atoms with van der Waals surface area (Å²) in [5.41, 5.74) is 2.49. The lowest BCUT2D eigenvalue weighted by molar-refractivity contribution is -0.115. The van der Waals surface area contributed by atoms with Crippen molar-refractivity contribution in [1.82, 2.24) is 0 Å². The molecule has 1 amide bonds. The van der Waals surface area contributed by atoms with Gasteiger partial charge in [0.05, 0.1) is 6.42 Å². The monoisotopic (exact) mass is 163 g/mol. The summed E-state index contributed by atoms with van der Waals surface area (Å²) >= 11 is 0. The van der Waals surface area contributed by atoms with Crippen LogP contribution < -0.4 is 5.32 Å². The molecule has 0 atom stereocenters. The highest BCUT2D eigenvalue weighted by Gasteiger charge is 2.18. The Labute approximate surface area is 70.0 Å². The van der Waals surface area contributed by atoms with Gasteiger partial charge in [-0.25, -0.2) is 0 Å². The fourth-order valence-electron chi connectivity index (χ4n) is 1.37.